The van der Waals surface area contributed by atoms with E-state index in [1.54, 1.807) is 11.8 Å². The summed E-state index contributed by atoms with van der Waals surface area (Å²) in [6, 6.07) is -0.362. The monoisotopic (exact) mass is 287 g/mol. The lowest BCUT2D eigenvalue weighted by Crippen LogP contribution is -2.48. The highest BCUT2D eigenvalue weighted by Crippen LogP contribution is 2.17. The number of hydrogen-bond donors (Lipinski definition) is 2. The van der Waals surface area contributed by atoms with E-state index in [1.807, 2.05) is 11.2 Å². The van der Waals surface area contributed by atoms with Crippen LogP contribution in [0.5, 0.6) is 0 Å². The number of piperidine rings is 1. The summed E-state index contributed by atoms with van der Waals surface area (Å²) >= 11 is 1.71. The Hall–Kier alpha value is -0.750. The highest BCUT2D eigenvalue weighted by Gasteiger charge is 2.25. The van der Waals surface area contributed by atoms with Gasteiger partial charge in [0.25, 0.3) is 0 Å². The molecule has 1 fully saturated rings. The predicted molar refractivity (Wildman–Crippen MR) is 79.0 cm³/mol. The molecular formula is C13H25N3O2S. The second-order valence-corrected chi connectivity index (χ2v) is 6.08. The predicted octanol–water partition coefficient (Wildman–Crippen LogP) is 0.442. The Bertz CT molecular complexity index is 304. The molecule has 3 N–H and O–H groups in total. The minimum absolute atomic E-state index is 0.0117. The van der Waals surface area contributed by atoms with E-state index >= 15 is 0 Å². The Labute approximate surface area is 119 Å². The van der Waals surface area contributed by atoms with E-state index < -0.39 is 0 Å². The fourth-order valence-electron chi connectivity index (χ4n) is 2.25. The molecule has 1 rings (SSSR count). The third-order valence-electron chi connectivity index (χ3n) is 3.52. The van der Waals surface area contributed by atoms with E-state index in [4.69, 9.17) is 5.73 Å². The van der Waals surface area contributed by atoms with Crippen LogP contribution in [0.3, 0.4) is 0 Å². The van der Waals surface area contributed by atoms with Gasteiger partial charge in [-0.3, -0.25) is 9.59 Å². The molecule has 6 heteroatoms. The van der Waals surface area contributed by atoms with Gasteiger partial charge in [0.2, 0.25) is 11.8 Å². The molecule has 110 valence electrons. The first-order valence-electron chi connectivity index (χ1n) is 6.82. The molecule has 1 aliphatic heterocycles. The molecule has 0 spiro atoms. The van der Waals surface area contributed by atoms with Crippen molar-refractivity contribution in [2.45, 2.75) is 32.2 Å². The first-order valence-corrected chi connectivity index (χ1v) is 8.21. The number of carbonyl (C=O) groups is 2. The Morgan fingerprint density at radius 3 is 2.58 bits per heavy atom. The molecule has 1 saturated heterocycles. The van der Waals surface area contributed by atoms with Crippen LogP contribution in [0.1, 0.15) is 26.2 Å². The molecule has 19 heavy (non-hydrogen) atoms. The summed E-state index contributed by atoms with van der Waals surface area (Å²) in [6.07, 6.45) is 4.65. The van der Waals surface area contributed by atoms with Gasteiger partial charge in [-0.25, -0.2) is 0 Å². The molecule has 5 nitrogen and oxygen atoms in total. The van der Waals surface area contributed by atoms with Crippen LogP contribution < -0.4 is 11.1 Å². The maximum absolute atomic E-state index is 12.1. The Morgan fingerprint density at radius 2 is 2.05 bits per heavy atom. The Balaban J connectivity index is 2.28. The van der Waals surface area contributed by atoms with Gasteiger partial charge in [0.1, 0.15) is 0 Å². The fourth-order valence-corrected chi connectivity index (χ4v) is 2.74. The third-order valence-corrected chi connectivity index (χ3v) is 4.16. The summed E-state index contributed by atoms with van der Waals surface area (Å²) in [4.78, 5) is 24.8. The second-order valence-electron chi connectivity index (χ2n) is 5.09. The van der Waals surface area contributed by atoms with Crippen LogP contribution in [0.25, 0.3) is 0 Å². The zero-order chi connectivity index (χ0) is 14.3. The maximum Gasteiger partial charge on any atom is 0.239 e. The molecule has 0 aromatic rings. The standard InChI is InChI=1S/C13H25N3O2S/c1-10(17)15-9-11-3-6-16(7-4-11)13(18)12(14)5-8-19-2/h11-12H,3-9,14H2,1-2H3,(H,15,17)/t12-/m1/s1. The van der Waals surface area contributed by atoms with Crippen LogP contribution >= 0.6 is 11.8 Å². The minimum Gasteiger partial charge on any atom is -0.356 e. The molecule has 0 aromatic heterocycles. The molecular weight excluding hydrogens is 262 g/mol. The van der Waals surface area contributed by atoms with Gasteiger partial charge in [0, 0.05) is 26.6 Å². The van der Waals surface area contributed by atoms with Crippen LogP contribution in [-0.2, 0) is 9.59 Å². The first-order chi connectivity index (χ1) is 9.04. The number of nitrogens with one attached hydrogen (secondary N) is 1. The summed E-state index contributed by atoms with van der Waals surface area (Å²) in [5.74, 6) is 1.49. The van der Waals surface area contributed by atoms with Crippen molar-refractivity contribution in [3.8, 4) is 0 Å². The maximum atomic E-state index is 12.1. The van der Waals surface area contributed by atoms with Crippen molar-refractivity contribution in [3.05, 3.63) is 0 Å². The van der Waals surface area contributed by atoms with Crippen molar-refractivity contribution in [3.63, 3.8) is 0 Å². The largest absolute Gasteiger partial charge is 0.356 e. The summed E-state index contributed by atoms with van der Waals surface area (Å²) < 4.78 is 0. The molecule has 1 heterocycles. The van der Waals surface area contributed by atoms with Crippen molar-refractivity contribution in [1.29, 1.82) is 0 Å². The van der Waals surface area contributed by atoms with Gasteiger partial charge in [-0.2, -0.15) is 11.8 Å². The second kappa shape index (κ2) is 8.43. The fraction of sp³-hybridized carbons (Fsp3) is 0.846. The number of likely N-dealkylation sites (tertiary alicyclic amines) is 1. The van der Waals surface area contributed by atoms with E-state index in [1.165, 1.54) is 6.92 Å². The summed E-state index contributed by atoms with van der Waals surface area (Å²) in [7, 11) is 0. The number of rotatable bonds is 6. The van der Waals surface area contributed by atoms with Gasteiger partial charge in [0.05, 0.1) is 6.04 Å². The van der Waals surface area contributed by atoms with E-state index in [0.29, 0.717) is 5.92 Å². The highest BCUT2D eigenvalue weighted by molar-refractivity contribution is 7.98. The van der Waals surface area contributed by atoms with Crippen molar-refractivity contribution >= 4 is 23.6 Å². The van der Waals surface area contributed by atoms with Gasteiger partial charge < -0.3 is 16.0 Å². The lowest BCUT2D eigenvalue weighted by molar-refractivity contribution is -0.134. The number of nitrogens with zero attached hydrogens (tertiary/aromatic N) is 1. The average molecular weight is 287 g/mol. The van der Waals surface area contributed by atoms with Gasteiger partial charge in [-0.05, 0) is 37.2 Å². The Kier molecular flexibility index (Phi) is 7.23. The quantitative estimate of drug-likeness (QED) is 0.743. The number of carbonyl (C=O) groups excluding carboxylic acids is 2. The van der Waals surface area contributed by atoms with E-state index in [2.05, 4.69) is 5.32 Å². The molecule has 0 bridgehead atoms. The number of thioether (sulfide) groups is 1. The smallest absolute Gasteiger partial charge is 0.239 e. The molecule has 0 aromatic carbocycles. The van der Waals surface area contributed by atoms with Crippen molar-refractivity contribution in [2.24, 2.45) is 11.7 Å². The molecule has 0 unspecified atom stereocenters. The molecule has 1 atom stereocenters. The number of hydrogen-bond acceptors (Lipinski definition) is 4. The zero-order valence-electron chi connectivity index (χ0n) is 11.9. The molecule has 0 radical (unpaired) electrons. The van der Waals surface area contributed by atoms with Crippen LogP contribution in [0.4, 0.5) is 0 Å². The van der Waals surface area contributed by atoms with Crippen molar-refractivity contribution in [2.75, 3.05) is 31.6 Å². The van der Waals surface area contributed by atoms with Crippen molar-refractivity contribution in [1.82, 2.24) is 10.2 Å². The lowest BCUT2D eigenvalue weighted by atomic mass is 9.96. The lowest BCUT2D eigenvalue weighted by Gasteiger charge is -2.33. The van der Waals surface area contributed by atoms with Crippen LogP contribution in [0, 0.1) is 5.92 Å². The minimum atomic E-state index is -0.362. The zero-order valence-corrected chi connectivity index (χ0v) is 12.7. The van der Waals surface area contributed by atoms with Gasteiger partial charge in [-0.1, -0.05) is 0 Å². The van der Waals surface area contributed by atoms with Gasteiger partial charge in [0.15, 0.2) is 0 Å². The molecule has 1 aliphatic rings. The van der Waals surface area contributed by atoms with E-state index in [9.17, 15) is 9.59 Å². The third kappa shape index (κ3) is 5.82. The summed E-state index contributed by atoms with van der Waals surface area (Å²) in [5.41, 5.74) is 5.91. The number of nitrogens with two attached hydrogens (primary N) is 1. The summed E-state index contributed by atoms with van der Waals surface area (Å²) in [6.45, 7) is 3.77. The van der Waals surface area contributed by atoms with Gasteiger partial charge >= 0.3 is 0 Å². The van der Waals surface area contributed by atoms with E-state index in [-0.39, 0.29) is 17.9 Å². The van der Waals surface area contributed by atoms with Crippen molar-refractivity contribution < 1.29 is 9.59 Å². The Morgan fingerprint density at radius 1 is 1.42 bits per heavy atom. The van der Waals surface area contributed by atoms with Crippen LogP contribution in [0.15, 0.2) is 0 Å². The molecule has 0 saturated carbocycles. The van der Waals surface area contributed by atoms with E-state index in [0.717, 1.165) is 44.6 Å². The van der Waals surface area contributed by atoms with Crippen LogP contribution in [0.2, 0.25) is 0 Å². The average Bonchev–Trinajstić information content (AvgIpc) is 2.42. The van der Waals surface area contributed by atoms with Crippen LogP contribution in [-0.4, -0.2) is 54.4 Å². The SMILES string of the molecule is CSCC[C@@H](N)C(=O)N1CCC(CNC(C)=O)CC1. The molecule has 2 amide bonds. The van der Waals surface area contributed by atoms with Gasteiger partial charge in [-0.15, -0.1) is 0 Å². The highest BCUT2D eigenvalue weighted by atomic mass is 32.2. The number of amides is 2. The summed E-state index contributed by atoms with van der Waals surface area (Å²) in [5, 5.41) is 2.84. The molecule has 0 aliphatic carbocycles. The topological polar surface area (TPSA) is 75.4 Å². The first kappa shape index (κ1) is 16.3. The normalized spacial score (nSPS) is 18.2.